The highest BCUT2D eigenvalue weighted by atomic mass is 32.2. The number of amidine groups is 1. The lowest BCUT2D eigenvalue weighted by Crippen LogP contribution is -2.55. The SMILES string of the molecule is CC(=O)N[C@@H]1C(=O)N=C(SCC(=O)N2CCN(c3ccc(F)cc3)CC2)NC1=O. The maximum atomic E-state index is 13.0. The van der Waals surface area contributed by atoms with Gasteiger partial charge in [-0.2, -0.15) is 4.99 Å². The zero-order chi connectivity index (χ0) is 21.0. The molecule has 0 bridgehead atoms. The number of piperazine rings is 1. The summed E-state index contributed by atoms with van der Waals surface area (Å²) in [7, 11) is 0. The minimum atomic E-state index is -1.34. The van der Waals surface area contributed by atoms with Gasteiger partial charge in [-0.3, -0.25) is 19.2 Å². The summed E-state index contributed by atoms with van der Waals surface area (Å²) in [5.74, 6) is -2.37. The largest absolute Gasteiger partial charge is 0.368 e. The smallest absolute Gasteiger partial charge is 0.280 e. The summed E-state index contributed by atoms with van der Waals surface area (Å²) in [6.07, 6.45) is 0. The summed E-state index contributed by atoms with van der Waals surface area (Å²) in [5.41, 5.74) is 0.902. The van der Waals surface area contributed by atoms with Crippen molar-refractivity contribution in [1.82, 2.24) is 15.5 Å². The molecule has 1 saturated heterocycles. The van der Waals surface area contributed by atoms with Gasteiger partial charge in [-0.05, 0) is 24.3 Å². The van der Waals surface area contributed by atoms with Gasteiger partial charge in [0.2, 0.25) is 11.8 Å². The number of rotatable bonds is 4. The highest BCUT2D eigenvalue weighted by Crippen LogP contribution is 2.17. The monoisotopic (exact) mass is 421 g/mol. The molecule has 1 aromatic rings. The number of amides is 4. The molecule has 2 aliphatic heterocycles. The Kier molecular flexibility index (Phi) is 6.47. The highest BCUT2D eigenvalue weighted by molar-refractivity contribution is 8.14. The van der Waals surface area contributed by atoms with Crippen LogP contribution in [0, 0.1) is 5.82 Å². The lowest BCUT2D eigenvalue weighted by Gasteiger charge is -2.36. The van der Waals surface area contributed by atoms with Crippen LogP contribution in [0.4, 0.5) is 10.1 Å². The van der Waals surface area contributed by atoms with Gasteiger partial charge in [0.1, 0.15) is 5.82 Å². The number of halogens is 1. The number of carbonyl (C=O) groups excluding carboxylic acids is 4. The molecule has 2 N–H and O–H groups in total. The molecule has 0 aromatic heterocycles. The molecule has 0 saturated carbocycles. The zero-order valence-electron chi connectivity index (χ0n) is 15.7. The Labute approximate surface area is 170 Å². The van der Waals surface area contributed by atoms with E-state index < -0.39 is 23.8 Å². The van der Waals surface area contributed by atoms with Crippen LogP contribution in [0.1, 0.15) is 6.92 Å². The van der Waals surface area contributed by atoms with Gasteiger partial charge in [0.05, 0.1) is 5.75 Å². The molecule has 0 radical (unpaired) electrons. The number of anilines is 1. The molecule has 2 aliphatic rings. The first kappa shape index (κ1) is 20.8. The van der Waals surface area contributed by atoms with Crippen LogP contribution in [0.2, 0.25) is 0 Å². The third kappa shape index (κ3) is 5.31. The summed E-state index contributed by atoms with van der Waals surface area (Å²) < 4.78 is 13.0. The van der Waals surface area contributed by atoms with E-state index in [0.717, 1.165) is 17.4 Å². The summed E-state index contributed by atoms with van der Waals surface area (Å²) in [4.78, 5) is 54.8. The van der Waals surface area contributed by atoms with Crippen LogP contribution in [-0.4, -0.2) is 71.7 Å². The van der Waals surface area contributed by atoms with E-state index in [-0.39, 0.29) is 22.6 Å². The Bertz CT molecular complexity index is 852. The molecule has 9 nitrogen and oxygen atoms in total. The van der Waals surface area contributed by atoms with E-state index in [0.29, 0.717) is 26.2 Å². The third-order valence-corrected chi connectivity index (χ3v) is 5.31. The molecule has 0 aliphatic carbocycles. The molecule has 1 fully saturated rings. The van der Waals surface area contributed by atoms with Gasteiger partial charge >= 0.3 is 0 Å². The molecule has 4 amide bonds. The van der Waals surface area contributed by atoms with Gasteiger partial charge in [-0.25, -0.2) is 4.39 Å². The molecule has 29 heavy (non-hydrogen) atoms. The van der Waals surface area contributed by atoms with Gasteiger partial charge in [-0.15, -0.1) is 0 Å². The number of nitrogens with one attached hydrogen (secondary N) is 2. The van der Waals surface area contributed by atoms with Crippen molar-refractivity contribution in [1.29, 1.82) is 0 Å². The van der Waals surface area contributed by atoms with Gasteiger partial charge in [0.25, 0.3) is 11.8 Å². The Morgan fingerprint density at radius 2 is 1.86 bits per heavy atom. The van der Waals surface area contributed by atoms with Crippen LogP contribution in [0.15, 0.2) is 29.3 Å². The molecule has 11 heteroatoms. The number of hydrogen-bond acceptors (Lipinski definition) is 6. The van der Waals surface area contributed by atoms with Crippen LogP contribution < -0.4 is 15.5 Å². The Hall–Kier alpha value is -2.95. The van der Waals surface area contributed by atoms with E-state index in [1.165, 1.54) is 19.1 Å². The minimum Gasteiger partial charge on any atom is -0.368 e. The Morgan fingerprint density at radius 3 is 2.45 bits per heavy atom. The predicted molar refractivity (Wildman–Crippen MR) is 106 cm³/mol. The van der Waals surface area contributed by atoms with Crippen molar-refractivity contribution in [3.05, 3.63) is 30.1 Å². The second-order valence-electron chi connectivity index (χ2n) is 6.51. The van der Waals surface area contributed by atoms with Crippen LogP contribution in [-0.2, 0) is 19.2 Å². The van der Waals surface area contributed by atoms with Crippen molar-refractivity contribution < 1.29 is 23.6 Å². The first-order valence-corrected chi connectivity index (χ1v) is 9.93. The number of benzene rings is 1. The van der Waals surface area contributed by atoms with Crippen LogP contribution in [0.5, 0.6) is 0 Å². The molecule has 1 aromatic carbocycles. The Balaban J connectivity index is 1.48. The summed E-state index contributed by atoms with van der Waals surface area (Å²) in [6.45, 7) is 3.47. The fourth-order valence-electron chi connectivity index (χ4n) is 2.97. The summed E-state index contributed by atoms with van der Waals surface area (Å²) in [5, 5.41) is 4.69. The van der Waals surface area contributed by atoms with Crippen molar-refractivity contribution in [3.63, 3.8) is 0 Å². The molecule has 0 unspecified atom stereocenters. The topological polar surface area (TPSA) is 111 Å². The van der Waals surface area contributed by atoms with Crippen LogP contribution in [0.3, 0.4) is 0 Å². The van der Waals surface area contributed by atoms with Crippen molar-refractivity contribution >= 4 is 46.2 Å². The number of hydrogen-bond donors (Lipinski definition) is 2. The third-order valence-electron chi connectivity index (χ3n) is 4.46. The summed E-state index contributed by atoms with van der Waals surface area (Å²) >= 11 is 0.964. The number of nitrogens with zero attached hydrogens (tertiary/aromatic N) is 3. The second-order valence-corrected chi connectivity index (χ2v) is 7.47. The zero-order valence-corrected chi connectivity index (χ0v) is 16.5. The minimum absolute atomic E-state index is 0.0216. The maximum Gasteiger partial charge on any atom is 0.280 e. The normalized spacial score (nSPS) is 19.5. The maximum absolute atomic E-state index is 13.0. The highest BCUT2D eigenvalue weighted by Gasteiger charge is 2.33. The fourth-order valence-corrected chi connectivity index (χ4v) is 3.74. The molecule has 154 valence electrons. The lowest BCUT2D eigenvalue weighted by molar-refractivity contribution is -0.134. The molecule has 2 heterocycles. The average molecular weight is 421 g/mol. The van der Waals surface area contributed by atoms with Gasteiger partial charge in [0, 0.05) is 38.8 Å². The quantitative estimate of drug-likeness (QED) is 0.648. The molecule has 3 rings (SSSR count). The Morgan fingerprint density at radius 1 is 1.21 bits per heavy atom. The first-order chi connectivity index (χ1) is 13.8. The average Bonchev–Trinajstić information content (AvgIpc) is 2.69. The van der Waals surface area contributed by atoms with Crippen LogP contribution in [0.25, 0.3) is 0 Å². The van der Waals surface area contributed by atoms with E-state index >= 15 is 0 Å². The number of aliphatic imine (C=N–C) groups is 1. The fraction of sp³-hybridized carbons (Fsp3) is 0.389. The van der Waals surface area contributed by atoms with Gasteiger partial charge in [-0.1, -0.05) is 11.8 Å². The van der Waals surface area contributed by atoms with Crippen molar-refractivity contribution in [2.24, 2.45) is 4.99 Å². The lowest BCUT2D eigenvalue weighted by atomic mass is 10.2. The molecular formula is C18H20FN5O4S. The summed E-state index contributed by atoms with van der Waals surface area (Å²) in [6, 6.07) is 4.88. The van der Waals surface area contributed by atoms with Gasteiger partial charge < -0.3 is 20.4 Å². The number of carbonyl (C=O) groups is 4. The van der Waals surface area contributed by atoms with Crippen molar-refractivity contribution in [2.75, 3.05) is 36.8 Å². The number of thioether (sulfide) groups is 1. The van der Waals surface area contributed by atoms with E-state index in [2.05, 4.69) is 20.5 Å². The first-order valence-electron chi connectivity index (χ1n) is 8.95. The van der Waals surface area contributed by atoms with E-state index in [9.17, 15) is 23.6 Å². The second kappa shape index (κ2) is 9.03. The standard InChI is InChI=1S/C18H20FN5O4S/c1-11(25)20-15-16(27)21-18(22-17(15)28)29-10-14(26)24-8-6-23(7-9-24)13-4-2-12(19)3-5-13/h2-5,15H,6-10H2,1H3,(H,20,25)(H,21,22,27,28). The van der Waals surface area contributed by atoms with Crippen LogP contribution >= 0.6 is 11.8 Å². The molecular weight excluding hydrogens is 401 g/mol. The molecule has 1 atom stereocenters. The predicted octanol–water partition coefficient (Wildman–Crippen LogP) is -0.275. The van der Waals surface area contributed by atoms with E-state index in [1.807, 2.05) is 0 Å². The van der Waals surface area contributed by atoms with E-state index in [1.54, 1.807) is 17.0 Å². The van der Waals surface area contributed by atoms with Crippen molar-refractivity contribution in [3.8, 4) is 0 Å². The van der Waals surface area contributed by atoms with Gasteiger partial charge in [0.15, 0.2) is 11.2 Å². The van der Waals surface area contributed by atoms with Crippen molar-refractivity contribution in [2.45, 2.75) is 13.0 Å². The molecule has 0 spiro atoms. The van der Waals surface area contributed by atoms with E-state index in [4.69, 9.17) is 0 Å².